The number of rotatable bonds is 31. The molecule has 4 aliphatic carbocycles. The van der Waals surface area contributed by atoms with Crippen LogP contribution in [-0.4, -0.2) is 174 Å². The number of allylic oxidation sites excluding steroid dienone is 7. The zero-order chi connectivity index (χ0) is 90.2. The highest BCUT2D eigenvalue weighted by Gasteiger charge is 2.78. The first-order valence-corrected chi connectivity index (χ1v) is 46.7. The summed E-state index contributed by atoms with van der Waals surface area (Å²) in [5.74, 6) is -8.81. The van der Waals surface area contributed by atoms with Crippen molar-refractivity contribution in [2.45, 2.75) is 217 Å². The average molecular weight is 1760 g/mol. The summed E-state index contributed by atoms with van der Waals surface area (Å²) < 4.78 is 108. The molecular weight excluding hydrogens is 1650 g/mol. The van der Waals surface area contributed by atoms with Gasteiger partial charge in [-0.3, -0.25) is 33.1 Å². The summed E-state index contributed by atoms with van der Waals surface area (Å²) in [6.45, 7) is 18.0. The van der Waals surface area contributed by atoms with Crippen LogP contribution in [0.3, 0.4) is 0 Å². The number of Topliss-reactive ketones (excluding diaryl/α,β-unsaturated/α-hetero) is 1. The number of aliphatic hydroxyl groups is 2. The van der Waals surface area contributed by atoms with Gasteiger partial charge < -0.3 is 54.2 Å². The molecule has 14 rings (SSSR count). The van der Waals surface area contributed by atoms with Gasteiger partial charge in [-0.15, -0.1) is 0 Å². The fourth-order valence-electron chi connectivity index (χ4n) is 20.8. The molecular formula is C99H113N4O21S2+. The number of carbonyl (C=O) groups is 7. The number of aliphatic hydroxyl groups excluding tert-OH is 1. The summed E-state index contributed by atoms with van der Waals surface area (Å²) in [5, 5.41) is 38.1. The maximum absolute atomic E-state index is 16.2. The van der Waals surface area contributed by atoms with E-state index in [9.17, 15) is 55.3 Å². The number of carbonyl (C=O) groups excluding carboxylic acids is 7. The second-order valence-corrected chi connectivity index (χ2v) is 39.3. The molecule has 0 radical (unpaired) electrons. The highest BCUT2D eigenvalue weighted by atomic mass is 32.2. The quantitative estimate of drug-likeness (QED) is 0.00587. The molecule has 6 N–H and O–H groups in total. The Labute approximate surface area is 735 Å². The van der Waals surface area contributed by atoms with Crippen molar-refractivity contribution in [2.75, 3.05) is 42.6 Å². The van der Waals surface area contributed by atoms with Gasteiger partial charge in [0.2, 0.25) is 11.8 Å². The summed E-state index contributed by atoms with van der Waals surface area (Å²) in [5.41, 5.74) is 0.325. The predicted octanol–water partition coefficient (Wildman–Crippen LogP) is 14.8. The maximum Gasteiger partial charge on any atom is 0.350 e. The van der Waals surface area contributed by atoms with Gasteiger partial charge >= 0.3 is 29.8 Å². The lowest BCUT2D eigenvalue weighted by Crippen LogP contribution is -2.82. The Morgan fingerprint density at radius 1 is 0.667 bits per heavy atom. The highest BCUT2D eigenvalue weighted by Crippen LogP contribution is 2.65. The molecule has 2 bridgehead atoms. The normalized spacial score (nSPS) is 25.2. The lowest BCUT2D eigenvalue weighted by atomic mass is 9.44. The lowest BCUT2D eigenvalue weighted by Gasteiger charge is -2.67. The van der Waals surface area contributed by atoms with E-state index in [4.69, 9.17) is 28.4 Å². The molecule has 0 unspecified atom stereocenters. The van der Waals surface area contributed by atoms with Gasteiger partial charge in [0.25, 0.3) is 26.1 Å². The number of fused-ring (bicyclic) bond motifs is 11. The molecule has 666 valence electrons. The van der Waals surface area contributed by atoms with Crippen molar-refractivity contribution in [3.8, 4) is 0 Å². The van der Waals surface area contributed by atoms with E-state index in [1.807, 2.05) is 24.3 Å². The van der Waals surface area contributed by atoms with E-state index in [1.165, 1.54) is 26.0 Å². The third-order valence-corrected chi connectivity index (χ3v) is 28.7. The molecule has 0 spiro atoms. The Kier molecular flexibility index (Phi) is 26.5. The topological polar surface area (TPSA) is 354 Å². The Bertz CT molecular complexity index is 5860. The zero-order valence-electron chi connectivity index (χ0n) is 72.9. The molecule has 25 nitrogen and oxygen atoms in total. The minimum atomic E-state index is -4.21. The lowest BCUT2D eigenvalue weighted by molar-refractivity contribution is -0.438. The van der Waals surface area contributed by atoms with E-state index >= 15 is 14.4 Å². The second-order valence-electron chi connectivity index (χ2n) is 36.2. The van der Waals surface area contributed by atoms with E-state index in [1.54, 1.807) is 92.7 Å². The second kappa shape index (κ2) is 36.5. The molecule has 3 heterocycles. The third kappa shape index (κ3) is 18.0. The maximum atomic E-state index is 16.2. The summed E-state index contributed by atoms with van der Waals surface area (Å²) >= 11 is 0. The number of amides is 1. The number of benzene rings is 7. The van der Waals surface area contributed by atoms with Crippen LogP contribution < -0.4 is 15.5 Å². The molecule has 1 amide bonds. The minimum Gasteiger partial charge on any atom is -0.455 e. The summed E-state index contributed by atoms with van der Waals surface area (Å²) in [6.07, 6.45) is 2.03. The number of unbranched alkanes of at least 4 members (excludes halogenated alkanes) is 4. The van der Waals surface area contributed by atoms with Crippen LogP contribution in [0, 0.1) is 16.7 Å². The Morgan fingerprint density at radius 3 is 1.92 bits per heavy atom. The number of esters is 5. The predicted molar refractivity (Wildman–Crippen MR) is 477 cm³/mol. The number of ketones is 1. The molecule has 126 heavy (non-hydrogen) atoms. The van der Waals surface area contributed by atoms with Crippen molar-refractivity contribution in [3.63, 3.8) is 0 Å². The van der Waals surface area contributed by atoms with Crippen LogP contribution >= 0.6 is 0 Å². The monoisotopic (exact) mass is 1760 g/mol. The number of hydrogen-bond acceptors (Lipinski definition) is 21. The molecule has 7 aliphatic rings. The van der Waals surface area contributed by atoms with Gasteiger partial charge in [-0.2, -0.15) is 21.4 Å². The number of hydrogen-bond donors (Lipinski definition) is 6. The van der Waals surface area contributed by atoms with Crippen molar-refractivity contribution in [1.82, 2.24) is 10.6 Å². The van der Waals surface area contributed by atoms with Gasteiger partial charge in [-0.25, -0.2) is 9.59 Å². The van der Waals surface area contributed by atoms with Gasteiger partial charge in [-0.1, -0.05) is 168 Å². The zero-order valence-corrected chi connectivity index (χ0v) is 74.5. The van der Waals surface area contributed by atoms with Crippen LogP contribution in [0.15, 0.2) is 222 Å². The molecule has 3 aliphatic heterocycles. The van der Waals surface area contributed by atoms with Gasteiger partial charge in [0.05, 0.1) is 46.5 Å². The third-order valence-electron chi connectivity index (χ3n) is 27.1. The molecule has 0 aromatic heterocycles. The molecule has 7 aromatic carbocycles. The fourth-order valence-corrected chi connectivity index (χ4v) is 21.9. The molecule has 2 saturated carbocycles. The van der Waals surface area contributed by atoms with Crippen LogP contribution in [0.2, 0.25) is 0 Å². The first-order valence-electron chi connectivity index (χ1n) is 43.5. The summed E-state index contributed by atoms with van der Waals surface area (Å²) in [6, 6.07) is 47.8. The van der Waals surface area contributed by atoms with Gasteiger partial charge in [0, 0.05) is 104 Å². The summed E-state index contributed by atoms with van der Waals surface area (Å²) in [4.78, 5) is 106. The van der Waals surface area contributed by atoms with E-state index in [2.05, 4.69) is 121 Å². The SMILES string of the molecule is CC(=O)O[C@H]1C(=O)[C@@]2(C)[C@H]([C@H](OC(=O)c3ccccc3)[C@]3(O)C[C@H](OC(=O)[C@H](OC(=O)CCCCCNC4=C(C=CC5=[N+](CCCCS(=O)(=O)O)c6ccc7ccccc7c6C5(C)C)CCCC4=CC=C4N(CCCCS(=O)(=O)O)c5ccc6ccccc6c5C4(C)C)[C@@H](NC(=O)c4ccccc4)c4ccccc4)C(C)=C1C3(C)C)[C@]1(OC(C)=O)CO[C@@H]1C[C@@H]2O. The van der Waals surface area contributed by atoms with E-state index in [0.717, 1.165) is 92.6 Å². The molecule has 27 heteroatoms. The van der Waals surface area contributed by atoms with E-state index in [-0.39, 0.29) is 72.5 Å². The number of nitrogens with one attached hydrogen (secondary N) is 2. The fraction of sp³-hybridized carbons (Fsp3) is 0.434. The van der Waals surface area contributed by atoms with Crippen molar-refractivity contribution >= 4 is 100 Å². The van der Waals surface area contributed by atoms with Gasteiger partial charge in [0.15, 0.2) is 23.2 Å². The Hall–Kier alpha value is -10.8. The van der Waals surface area contributed by atoms with Gasteiger partial charge in [-0.05, 0) is 176 Å². The first kappa shape index (κ1) is 91.4. The van der Waals surface area contributed by atoms with Crippen LogP contribution in [0.25, 0.3) is 21.5 Å². The average Bonchev–Trinajstić information content (AvgIpc) is 0.840. The van der Waals surface area contributed by atoms with Crippen LogP contribution in [0.1, 0.15) is 196 Å². The van der Waals surface area contributed by atoms with Crippen LogP contribution in [-0.2, 0) is 83.5 Å². The van der Waals surface area contributed by atoms with Crippen molar-refractivity contribution in [3.05, 3.63) is 250 Å². The number of anilines is 1. The molecule has 7 aromatic rings. The first-order chi connectivity index (χ1) is 59.8. The van der Waals surface area contributed by atoms with Crippen LogP contribution in [0.5, 0.6) is 0 Å². The Balaban J connectivity index is 0.791. The van der Waals surface area contributed by atoms with Crippen molar-refractivity contribution < 1.29 is 103 Å². The van der Waals surface area contributed by atoms with Gasteiger partial charge in [0.1, 0.15) is 36.5 Å². The molecule has 3 fully saturated rings. The Morgan fingerprint density at radius 2 is 1.29 bits per heavy atom. The van der Waals surface area contributed by atoms with Crippen LogP contribution in [0.4, 0.5) is 11.4 Å². The van der Waals surface area contributed by atoms with E-state index < -0.39 is 150 Å². The van der Waals surface area contributed by atoms with Crippen molar-refractivity contribution in [1.29, 1.82) is 0 Å². The summed E-state index contributed by atoms with van der Waals surface area (Å²) in [7, 11) is -8.41. The smallest absolute Gasteiger partial charge is 0.350 e. The molecule has 1 saturated heterocycles. The minimum absolute atomic E-state index is 0.0207. The largest absolute Gasteiger partial charge is 0.455 e. The van der Waals surface area contributed by atoms with E-state index in [0.29, 0.717) is 63.7 Å². The molecule has 11 atom stereocenters. The highest BCUT2D eigenvalue weighted by molar-refractivity contribution is 7.86. The number of ether oxygens (including phenoxy) is 6. The standard InChI is InChI=1S/C99H112N4O21S2/c1-61-75(59-99(112)90(123-92(110)70-38-19-13-20-39-70)88-97(10,78(106)58-79-98(88,60-119-79)124-63(3)105)89(108)86(120-62(2)104)81(61)96(99,8)9)121-93(111)87(85(66-34-15-11-16-35-66)101-91(109)69-36-17-12-18-37-69)122-80(107)44-21-14-26-53-100-84-67(47-51-76-94(4,5)82-71-42-24-22-32-64(71)45-49-73(82)102(76)54-27-29-56-125(113,114)115)40-31-41-68(84)48-52-77-95(6,7)83-72-43-25-23-33-65(72)46-50-74(83)103(77)55-28-30-57-126(116,117)118/h11-13,15-20,22-25,32-39,42-43,45-52,75,78-79,85-88,90,106,112H,14,21,26-31,40-41,44,53-60H2,1-10H3,(H3,101,109,113,114,115,116,117,118)/p+1/t75-,78-,79+,85-,86+,87+,88-,90-,97+,98-,99+/m0/s1. The number of nitrogens with zero attached hydrogens (tertiary/aromatic N) is 2. The van der Waals surface area contributed by atoms with Crippen molar-refractivity contribution in [2.24, 2.45) is 16.7 Å².